The van der Waals surface area contributed by atoms with Crippen LogP contribution < -0.4 is 5.63 Å². The van der Waals surface area contributed by atoms with Crippen LogP contribution in [0.25, 0.3) is 11.0 Å². The van der Waals surface area contributed by atoms with Crippen LogP contribution in [0, 0.1) is 12.8 Å². The molecule has 1 aromatic heterocycles. The van der Waals surface area contributed by atoms with Gasteiger partial charge in [0.1, 0.15) is 28.6 Å². The highest BCUT2D eigenvalue weighted by atomic mass is 16.5. The first kappa shape index (κ1) is 19.7. The summed E-state index contributed by atoms with van der Waals surface area (Å²) in [6, 6.07) is 4.97. The summed E-state index contributed by atoms with van der Waals surface area (Å²) < 4.78 is 10.5. The van der Waals surface area contributed by atoms with Gasteiger partial charge in [0.25, 0.3) is 0 Å². The van der Waals surface area contributed by atoms with Crippen LogP contribution in [0.1, 0.15) is 30.9 Å². The van der Waals surface area contributed by atoms with Gasteiger partial charge in [0, 0.05) is 12.8 Å². The first-order valence-corrected chi connectivity index (χ1v) is 9.53. The van der Waals surface area contributed by atoms with Crippen LogP contribution >= 0.6 is 0 Å². The summed E-state index contributed by atoms with van der Waals surface area (Å²) in [7, 11) is 0. The monoisotopic (exact) mass is 408 g/mol. The molecule has 1 aromatic carbocycles. The van der Waals surface area contributed by atoms with Gasteiger partial charge in [-0.3, -0.25) is 4.79 Å². The van der Waals surface area contributed by atoms with Crippen LogP contribution in [0.4, 0.5) is 0 Å². The van der Waals surface area contributed by atoms with E-state index in [1.54, 1.807) is 24.3 Å². The molecule has 0 fully saturated rings. The van der Waals surface area contributed by atoms with E-state index in [0.717, 1.165) is 11.1 Å². The Labute approximate surface area is 171 Å². The number of esters is 1. The van der Waals surface area contributed by atoms with Crippen LogP contribution in [0.5, 0.6) is 5.75 Å². The molecule has 0 saturated carbocycles. The van der Waals surface area contributed by atoms with E-state index in [1.165, 1.54) is 0 Å². The maximum absolute atomic E-state index is 12.6. The van der Waals surface area contributed by atoms with Gasteiger partial charge in [0.15, 0.2) is 0 Å². The third-order valence-electron chi connectivity index (χ3n) is 5.37. The van der Waals surface area contributed by atoms with Gasteiger partial charge in [-0.25, -0.2) is 9.59 Å². The zero-order chi connectivity index (χ0) is 21.6. The number of rotatable bonds is 4. The highest BCUT2D eigenvalue weighted by Crippen LogP contribution is 2.37. The number of ether oxygens (including phenoxy) is 1. The molecule has 2 heterocycles. The number of benzene rings is 1. The molecule has 0 saturated heterocycles. The molecule has 0 spiro atoms. The molecule has 30 heavy (non-hydrogen) atoms. The molecule has 0 amide bonds. The van der Waals surface area contributed by atoms with Crippen molar-refractivity contribution in [3.8, 4) is 5.75 Å². The minimum Gasteiger partial charge on any atom is -0.511 e. The fourth-order valence-electron chi connectivity index (χ4n) is 3.77. The number of aromatic hydroxyl groups is 1. The summed E-state index contributed by atoms with van der Waals surface area (Å²) in [4.78, 5) is 37.2. The molecule has 1 unspecified atom stereocenters. The molecule has 7 heteroatoms. The Hall–Kier alpha value is -3.61. The lowest BCUT2D eigenvalue weighted by Gasteiger charge is -2.28. The number of fused-ring (bicyclic) bond motifs is 2. The van der Waals surface area contributed by atoms with Crippen LogP contribution in [0.3, 0.4) is 0 Å². The van der Waals surface area contributed by atoms with Gasteiger partial charge < -0.3 is 19.4 Å². The summed E-state index contributed by atoms with van der Waals surface area (Å²) in [5.41, 5.74) is 0.949. The standard InChI is InChI=1S/C23H20O7/c1-11-3-5-18-14(7-11)20(25)16(22(27)29-18)9-13(24)10-17-21(26)15-8-12(2)4-6-19(15)30-23(17)28/h3-7,15,25-26H,8-10H2,1-2H3. The number of carbonyl (C=O) groups excluding carboxylic acids is 2. The Morgan fingerprint density at radius 3 is 2.67 bits per heavy atom. The molecule has 0 bridgehead atoms. The lowest BCUT2D eigenvalue weighted by Crippen LogP contribution is -2.27. The molecule has 7 nitrogen and oxygen atoms in total. The fraction of sp³-hybridized carbons (Fsp3) is 0.261. The van der Waals surface area contributed by atoms with Gasteiger partial charge in [-0.15, -0.1) is 0 Å². The molecule has 1 aliphatic heterocycles. The third kappa shape index (κ3) is 3.43. The summed E-state index contributed by atoms with van der Waals surface area (Å²) in [6.07, 6.45) is 3.08. The van der Waals surface area contributed by atoms with Crippen molar-refractivity contribution in [2.75, 3.05) is 0 Å². The Morgan fingerprint density at radius 2 is 1.90 bits per heavy atom. The van der Waals surface area contributed by atoms with Gasteiger partial charge in [-0.2, -0.15) is 0 Å². The largest absolute Gasteiger partial charge is 0.511 e. The Morgan fingerprint density at radius 1 is 1.13 bits per heavy atom. The Kier molecular flexibility index (Phi) is 4.81. The number of carbonyl (C=O) groups is 2. The second-order valence-electron chi connectivity index (χ2n) is 7.70. The van der Waals surface area contributed by atoms with Crippen molar-refractivity contribution in [3.05, 3.63) is 74.6 Å². The second-order valence-corrected chi connectivity index (χ2v) is 7.70. The number of aryl methyl sites for hydroxylation is 1. The zero-order valence-corrected chi connectivity index (χ0v) is 16.5. The number of ketones is 1. The lowest BCUT2D eigenvalue weighted by atomic mass is 9.86. The van der Waals surface area contributed by atoms with E-state index in [1.807, 2.05) is 19.9 Å². The van der Waals surface area contributed by atoms with Crippen LogP contribution in [0.15, 0.2) is 62.2 Å². The molecule has 154 valence electrons. The number of allylic oxidation sites excluding steroid dienone is 3. The number of Topliss-reactive ketones (excluding diaryl/α,β-unsaturated/α-hetero) is 1. The van der Waals surface area contributed by atoms with Crippen molar-refractivity contribution in [3.63, 3.8) is 0 Å². The van der Waals surface area contributed by atoms with Gasteiger partial charge in [0.2, 0.25) is 0 Å². The molecule has 2 aromatic rings. The van der Waals surface area contributed by atoms with E-state index in [0.29, 0.717) is 17.6 Å². The number of aliphatic hydroxyl groups excluding tert-OH is 1. The van der Waals surface area contributed by atoms with E-state index in [9.17, 15) is 24.6 Å². The van der Waals surface area contributed by atoms with E-state index < -0.39 is 36.1 Å². The van der Waals surface area contributed by atoms with Crippen molar-refractivity contribution in [1.82, 2.24) is 0 Å². The highest BCUT2D eigenvalue weighted by Gasteiger charge is 2.36. The number of aliphatic hydroxyl groups is 1. The first-order chi connectivity index (χ1) is 14.2. The fourth-order valence-corrected chi connectivity index (χ4v) is 3.77. The highest BCUT2D eigenvalue weighted by molar-refractivity contribution is 5.98. The van der Waals surface area contributed by atoms with Gasteiger partial charge in [0.05, 0.1) is 22.4 Å². The van der Waals surface area contributed by atoms with Crippen LogP contribution in [0.2, 0.25) is 0 Å². The molecule has 0 radical (unpaired) electrons. The minimum atomic E-state index is -0.820. The Bertz CT molecular complexity index is 1240. The van der Waals surface area contributed by atoms with Crippen molar-refractivity contribution >= 4 is 22.7 Å². The van der Waals surface area contributed by atoms with Gasteiger partial charge >= 0.3 is 11.6 Å². The van der Waals surface area contributed by atoms with Crippen LogP contribution in [-0.2, 0) is 20.7 Å². The van der Waals surface area contributed by atoms with E-state index in [2.05, 4.69) is 0 Å². The van der Waals surface area contributed by atoms with E-state index in [-0.39, 0.29) is 28.2 Å². The predicted octanol–water partition coefficient (Wildman–Crippen LogP) is 3.53. The summed E-state index contributed by atoms with van der Waals surface area (Å²) >= 11 is 0. The minimum absolute atomic E-state index is 0.127. The van der Waals surface area contributed by atoms with Crippen molar-refractivity contribution in [1.29, 1.82) is 0 Å². The quantitative estimate of drug-likeness (QED) is 0.587. The molecular formula is C23H20O7. The second kappa shape index (κ2) is 7.33. The molecule has 2 N–H and O–H groups in total. The van der Waals surface area contributed by atoms with Crippen molar-refractivity contribution < 1.29 is 29.0 Å². The smallest absolute Gasteiger partial charge is 0.343 e. The SMILES string of the molecule is CC1=CC=C2OC(=O)C(CC(=O)Cc3c(O)c4cc(C)ccc4oc3=O)=C(O)C2C1. The molecule has 1 atom stereocenters. The first-order valence-electron chi connectivity index (χ1n) is 9.53. The van der Waals surface area contributed by atoms with Crippen molar-refractivity contribution in [2.45, 2.75) is 33.1 Å². The van der Waals surface area contributed by atoms with Crippen LogP contribution in [-0.4, -0.2) is 22.0 Å². The van der Waals surface area contributed by atoms with Gasteiger partial charge in [-0.1, -0.05) is 23.3 Å². The maximum atomic E-state index is 12.6. The summed E-state index contributed by atoms with van der Waals surface area (Å²) in [6.45, 7) is 3.72. The van der Waals surface area contributed by atoms with Gasteiger partial charge in [-0.05, 0) is 38.5 Å². The number of hydrogen-bond donors (Lipinski definition) is 2. The zero-order valence-electron chi connectivity index (χ0n) is 16.5. The lowest BCUT2D eigenvalue weighted by molar-refractivity contribution is -0.138. The average Bonchev–Trinajstić information content (AvgIpc) is 2.70. The molecular weight excluding hydrogens is 388 g/mol. The number of hydrogen-bond acceptors (Lipinski definition) is 7. The summed E-state index contributed by atoms with van der Waals surface area (Å²) in [5, 5.41) is 21.4. The predicted molar refractivity (Wildman–Crippen MR) is 108 cm³/mol. The van der Waals surface area contributed by atoms with E-state index in [4.69, 9.17) is 9.15 Å². The summed E-state index contributed by atoms with van der Waals surface area (Å²) in [5.74, 6) is -1.98. The Balaban J connectivity index is 1.62. The molecule has 1 aliphatic carbocycles. The normalized spacial score (nSPS) is 18.6. The molecule has 2 aliphatic rings. The topological polar surface area (TPSA) is 114 Å². The van der Waals surface area contributed by atoms with E-state index >= 15 is 0 Å². The van der Waals surface area contributed by atoms with Crippen molar-refractivity contribution in [2.24, 2.45) is 5.92 Å². The average molecular weight is 408 g/mol. The maximum Gasteiger partial charge on any atom is 0.343 e. The third-order valence-corrected chi connectivity index (χ3v) is 5.37. The molecule has 4 rings (SSSR count).